The van der Waals surface area contributed by atoms with E-state index in [2.05, 4.69) is 5.32 Å². The molecule has 2 saturated heterocycles. The third-order valence-corrected chi connectivity index (χ3v) is 11.2. The lowest BCUT2D eigenvalue weighted by molar-refractivity contribution is -0.309. The molecule has 2 heterocycles. The lowest BCUT2D eigenvalue weighted by Gasteiger charge is -2.44. The van der Waals surface area contributed by atoms with Crippen molar-refractivity contribution in [2.75, 3.05) is 65.7 Å². The Bertz CT molecular complexity index is 2180. The summed E-state index contributed by atoms with van der Waals surface area (Å²) in [7, 11) is 0. The van der Waals surface area contributed by atoms with E-state index in [0.29, 0.717) is 19.3 Å². The number of esters is 9. The second-order valence-electron chi connectivity index (χ2n) is 18.1. The highest BCUT2D eigenvalue weighted by molar-refractivity contribution is 5.82. The molecule has 29 nitrogen and oxygen atoms in total. The summed E-state index contributed by atoms with van der Waals surface area (Å²) in [6.45, 7) is 3.32. The molecular formula is C51H71N3O26. The van der Waals surface area contributed by atoms with Gasteiger partial charge in [-0.2, -0.15) is 0 Å². The first-order chi connectivity index (χ1) is 37.8. The fourth-order valence-corrected chi connectivity index (χ4v) is 8.08. The standard InChI is InChI=1S/C51H71N3O26/c1-29(55)70-27-38-44(73-31(3)57)46(75-33(5)59)48(77-35(7)61)50(79-38)68-21-19-54(20-22-69-51-49(78-36(8)62)47(76-34(6)60)45(74-32(4)58)39(80-51)28-71-30(2)56)41(64)24-53(25-42(65)66)23-40(63)52-18-14-10-13-17-43(67)72-26-37-15-11-9-12-16-37/h9,11-12,15-16,38-39,44-51H,10,13-14,17-28H2,1-8H3,(H,52,63)(H,65,66)/t38-,39-,44-,45-,46+,47+,48+,49+,50+,51+/m1/s1. The number of carboxylic acid groups (broad SMARTS) is 1. The highest BCUT2D eigenvalue weighted by Gasteiger charge is 2.54. The molecular weight excluding hydrogens is 1070 g/mol. The Kier molecular flexibility index (Phi) is 29.0. The van der Waals surface area contributed by atoms with Crippen molar-refractivity contribution in [1.29, 1.82) is 0 Å². The number of benzene rings is 1. The van der Waals surface area contributed by atoms with Crippen LogP contribution in [0, 0.1) is 0 Å². The minimum atomic E-state index is -1.69. The molecule has 2 fully saturated rings. The molecule has 0 unspecified atom stereocenters. The highest BCUT2D eigenvalue weighted by Crippen LogP contribution is 2.32. The van der Waals surface area contributed by atoms with Crippen molar-refractivity contribution in [3.8, 4) is 0 Å². The molecule has 1 aromatic carbocycles. The van der Waals surface area contributed by atoms with Gasteiger partial charge >= 0.3 is 59.7 Å². The van der Waals surface area contributed by atoms with E-state index in [1.54, 1.807) is 0 Å². The van der Waals surface area contributed by atoms with Gasteiger partial charge in [0, 0.05) is 81.4 Å². The summed E-state index contributed by atoms with van der Waals surface area (Å²) < 4.78 is 72.2. The Morgan fingerprint density at radius 2 is 0.950 bits per heavy atom. The van der Waals surface area contributed by atoms with Gasteiger partial charge < -0.3 is 76.9 Å². The highest BCUT2D eigenvalue weighted by atomic mass is 16.7. The zero-order valence-electron chi connectivity index (χ0n) is 45.8. The van der Waals surface area contributed by atoms with E-state index in [0.717, 1.165) is 70.8 Å². The zero-order chi connectivity index (χ0) is 59.5. The van der Waals surface area contributed by atoms with Crippen molar-refractivity contribution in [2.45, 2.75) is 149 Å². The summed E-state index contributed by atoms with van der Waals surface area (Å²) in [6, 6.07) is 9.14. The number of aliphatic carboxylic acids is 1. The maximum atomic E-state index is 14.4. The predicted molar refractivity (Wildman–Crippen MR) is 264 cm³/mol. The fraction of sp³-hybridized carbons (Fsp3) is 0.647. The minimum absolute atomic E-state index is 0.131. The molecule has 2 aliphatic heterocycles. The molecule has 0 bridgehead atoms. The molecule has 2 N–H and O–H groups in total. The van der Waals surface area contributed by atoms with Gasteiger partial charge in [-0.05, 0) is 18.4 Å². The van der Waals surface area contributed by atoms with Crippen LogP contribution in [0.5, 0.6) is 0 Å². The van der Waals surface area contributed by atoms with Crippen LogP contribution in [-0.2, 0) is 126 Å². The van der Waals surface area contributed by atoms with Crippen LogP contribution < -0.4 is 5.32 Å². The lowest BCUT2D eigenvalue weighted by Crippen LogP contribution is -2.63. The Labute approximate surface area is 460 Å². The number of unbranched alkanes of at least 4 members (excludes halogenated alkanes) is 2. The van der Waals surface area contributed by atoms with Gasteiger partial charge in [-0.25, -0.2) is 0 Å². The van der Waals surface area contributed by atoms with Gasteiger partial charge in [-0.1, -0.05) is 36.8 Å². The summed E-state index contributed by atoms with van der Waals surface area (Å²) >= 11 is 0. The van der Waals surface area contributed by atoms with Crippen molar-refractivity contribution in [3.63, 3.8) is 0 Å². The average Bonchev–Trinajstić information content (AvgIpc) is 3.35. The van der Waals surface area contributed by atoms with Crippen molar-refractivity contribution < 1.29 is 124 Å². The average molecular weight is 1140 g/mol. The van der Waals surface area contributed by atoms with Crippen molar-refractivity contribution in [1.82, 2.24) is 15.1 Å². The van der Waals surface area contributed by atoms with Crippen LogP contribution in [0.3, 0.4) is 0 Å². The molecule has 1 aromatic rings. The van der Waals surface area contributed by atoms with Crippen LogP contribution in [0.15, 0.2) is 30.3 Å². The molecule has 0 spiro atoms. The zero-order valence-corrected chi connectivity index (χ0v) is 45.8. The fourth-order valence-electron chi connectivity index (χ4n) is 8.08. The molecule has 446 valence electrons. The number of ether oxygens (including phenoxy) is 13. The molecule has 0 saturated carbocycles. The van der Waals surface area contributed by atoms with E-state index < -0.39 is 186 Å². The van der Waals surface area contributed by atoms with Gasteiger partial charge in [-0.15, -0.1) is 0 Å². The normalized spacial score (nSPS) is 22.3. The van der Waals surface area contributed by atoms with Crippen molar-refractivity contribution in [3.05, 3.63) is 35.9 Å². The van der Waals surface area contributed by atoms with E-state index in [4.69, 9.17) is 61.6 Å². The lowest BCUT2D eigenvalue weighted by atomic mass is 9.98. The minimum Gasteiger partial charge on any atom is -0.480 e. The molecule has 29 heteroatoms. The first-order valence-electron chi connectivity index (χ1n) is 25.4. The van der Waals surface area contributed by atoms with E-state index in [1.165, 1.54) is 0 Å². The number of hydrogen-bond donors (Lipinski definition) is 2. The van der Waals surface area contributed by atoms with Gasteiger partial charge in [-0.3, -0.25) is 62.4 Å². The number of carboxylic acids is 1. The summed E-state index contributed by atoms with van der Waals surface area (Å²) in [6.07, 6.45) is -14.2. The molecule has 0 aromatic heterocycles. The van der Waals surface area contributed by atoms with E-state index in [9.17, 15) is 62.6 Å². The molecule has 3 rings (SSSR count). The second-order valence-corrected chi connectivity index (χ2v) is 18.1. The number of carbonyl (C=O) groups is 12. The Hall–Kier alpha value is -7.34. The number of carbonyl (C=O) groups excluding carboxylic acids is 11. The monoisotopic (exact) mass is 1140 g/mol. The number of hydrogen-bond acceptors (Lipinski definition) is 26. The quantitative estimate of drug-likeness (QED) is 0.0537. The molecule has 2 aliphatic rings. The molecule has 80 heavy (non-hydrogen) atoms. The summed E-state index contributed by atoms with van der Waals surface area (Å²) in [5, 5.41) is 12.5. The molecule has 2 amide bonds. The van der Waals surface area contributed by atoms with Crippen LogP contribution >= 0.6 is 0 Å². The molecule has 0 radical (unpaired) electrons. The van der Waals surface area contributed by atoms with Gasteiger partial charge in [0.05, 0.1) is 32.8 Å². The van der Waals surface area contributed by atoms with Crippen LogP contribution in [0.2, 0.25) is 0 Å². The van der Waals surface area contributed by atoms with Gasteiger partial charge in [0.15, 0.2) is 49.2 Å². The van der Waals surface area contributed by atoms with Crippen LogP contribution in [0.1, 0.15) is 86.6 Å². The second kappa shape index (κ2) is 34.6. The SMILES string of the molecule is CC(=O)OC[C@H]1O[C@H](OCCN(CCO[C@H]2O[C@H](COC(C)=O)[C@@H](OC(C)=O)[C@H](OC(C)=O)[C@@H]2OC(C)=O)C(=O)CN(CC(=O)O)CC(=O)NCCCCCC(=O)OCc2ccccc2)[C@@H](OC(C)=O)[C@@H](OC(C)=O)[C@@H]1OC(C)=O. The Morgan fingerprint density at radius 3 is 1.38 bits per heavy atom. The van der Waals surface area contributed by atoms with Gasteiger partial charge in [0.25, 0.3) is 0 Å². The van der Waals surface area contributed by atoms with Gasteiger partial charge in [0.2, 0.25) is 11.8 Å². The number of nitrogens with zero attached hydrogens (tertiary/aromatic N) is 2. The van der Waals surface area contributed by atoms with Gasteiger partial charge in [0.1, 0.15) is 32.0 Å². The third-order valence-electron chi connectivity index (χ3n) is 11.2. The largest absolute Gasteiger partial charge is 0.480 e. The number of nitrogens with one attached hydrogen (secondary N) is 1. The molecule has 10 atom stereocenters. The van der Waals surface area contributed by atoms with Crippen molar-refractivity contribution in [2.24, 2.45) is 0 Å². The van der Waals surface area contributed by atoms with E-state index >= 15 is 0 Å². The van der Waals surface area contributed by atoms with E-state index in [1.807, 2.05) is 30.3 Å². The predicted octanol–water partition coefficient (Wildman–Crippen LogP) is -0.179. The Morgan fingerprint density at radius 1 is 0.512 bits per heavy atom. The first kappa shape index (κ1) is 66.9. The Balaban J connectivity index is 1.90. The van der Waals surface area contributed by atoms with Crippen LogP contribution in [0.4, 0.5) is 0 Å². The maximum Gasteiger partial charge on any atom is 0.317 e. The summed E-state index contributed by atoms with van der Waals surface area (Å²) in [4.78, 5) is 152. The maximum absolute atomic E-state index is 14.4. The van der Waals surface area contributed by atoms with Crippen molar-refractivity contribution >= 4 is 71.5 Å². The smallest absolute Gasteiger partial charge is 0.317 e. The number of amides is 2. The van der Waals surface area contributed by atoms with Crippen LogP contribution in [0.25, 0.3) is 0 Å². The first-order valence-corrected chi connectivity index (χ1v) is 25.4. The van der Waals surface area contributed by atoms with Crippen LogP contribution in [-0.4, -0.2) is 214 Å². The molecule has 0 aliphatic carbocycles. The van der Waals surface area contributed by atoms with E-state index in [-0.39, 0.29) is 25.5 Å². The number of rotatable bonds is 32. The third kappa shape index (κ3) is 25.2. The topological polar surface area (TPSA) is 364 Å². The summed E-state index contributed by atoms with van der Waals surface area (Å²) in [5.41, 5.74) is 0.838. The summed E-state index contributed by atoms with van der Waals surface area (Å²) in [5.74, 6) is -10.3.